The van der Waals surface area contributed by atoms with Crippen molar-refractivity contribution in [3.63, 3.8) is 0 Å². The minimum Gasteiger partial charge on any atom is -0.345 e. The molecule has 1 fully saturated rings. The molecular formula is C17H16F3N5O. The molecule has 4 rings (SSSR count). The van der Waals surface area contributed by atoms with E-state index in [1.54, 1.807) is 12.4 Å². The smallest absolute Gasteiger partial charge is 0.345 e. The fraction of sp³-hybridized carbons (Fsp3) is 0.412. The van der Waals surface area contributed by atoms with Gasteiger partial charge in [-0.25, -0.2) is 4.98 Å². The number of rotatable bonds is 3. The standard InChI is InChI=1S/C17H16F3N5O/c18-17(19,20)5-1-13(26)25-8-4-10(9-25)11-2-6-22-16-14(11)12-3-7-21-15(12)23-24-16/h2-3,6-7,10H,1,4-5,8-9H2,(H,21,23). The van der Waals surface area contributed by atoms with Crippen LogP contribution in [0.1, 0.15) is 30.7 Å². The van der Waals surface area contributed by atoms with Crippen molar-refractivity contribution in [1.29, 1.82) is 0 Å². The fourth-order valence-electron chi connectivity index (χ4n) is 3.55. The Morgan fingerprint density at radius 2 is 2.15 bits per heavy atom. The van der Waals surface area contributed by atoms with Crippen LogP contribution in [-0.4, -0.2) is 50.2 Å². The lowest BCUT2D eigenvalue weighted by atomic mass is 9.95. The first-order chi connectivity index (χ1) is 12.4. The maximum Gasteiger partial charge on any atom is 0.389 e. The number of H-pyrrole nitrogens is 1. The number of carbonyl (C=O) groups is 1. The van der Waals surface area contributed by atoms with Gasteiger partial charge in [0.25, 0.3) is 0 Å². The van der Waals surface area contributed by atoms with Crippen molar-refractivity contribution in [2.24, 2.45) is 0 Å². The van der Waals surface area contributed by atoms with Gasteiger partial charge < -0.3 is 9.88 Å². The number of nitrogens with zero attached hydrogens (tertiary/aromatic N) is 4. The molecule has 136 valence electrons. The third-order valence-electron chi connectivity index (χ3n) is 4.81. The van der Waals surface area contributed by atoms with Crippen LogP contribution in [0.25, 0.3) is 22.1 Å². The quantitative estimate of drug-likeness (QED) is 0.776. The molecule has 0 saturated carbocycles. The highest BCUT2D eigenvalue weighted by atomic mass is 19.4. The number of pyridine rings is 1. The second kappa shape index (κ2) is 6.22. The summed E-state index contributed by atoms with van der Waals surface area (Å²) < 4.78 is 37.0. The molecule has 1 N–H and O–H groups in total. The van der Waals surface area contributed by atoms with Crippen LogP contribution in [0, 0.1) is 0 Å². The Bertz CT molecular complexity index is 968. The van der Waals surface area contributed by atoms with E-state index in [0.717, 1.165) is 16.3 Å². The van der Waals surface area contributed by atoms with Crippen LogP contribution >= 0.6 is 0 Å². The van der Waals surface area contributed by atoms with Crippen molar-refractivity contribution < 1.29 is 18.0 Å². The highest BCUT2D eigenvalue weighted by Gasteiger charge is 2.32. The monoisotopic (exact) mass is 363 g/mol. The van der Waals surface area contributed by atoms with E-state index in [9.17, 15) is 18.0 Å². The number of fused-ring (bicyclic) bond motifs is 3. The zero-order valence-electron chi connectivity index (χ0n) is 13.8. The molecule has 1 amide bonds. The van der Waals surface area contributed by atoms with Gasteiger partial charge in [-0.15, -0.1) is 10.2 Å². The lowest BCUT2D eigenvalue weighted by Gasteiger charge is -2.18. The lowest BCUT2D eigenvalue weighted by molar-refractivity contribution is -0.148. The van der Waals surface area contributed by atoms with Crippen molar-refractivity contribution in [3.8, 4) is 0 Å². The van der Waals surface area contributed by atoms with E-state index in [2.05, 4.69) is 20.2 Å². The number of hydrogen-bond acceptors (Lipinski definition) is 4. The molecule has 0 bridgehead atoms. The van der Waals surface area contributed by atoms with Crippen LogP contribution in [-0.2, 0) is 4.79 Å². The highest BCUT2D eigenvalue weighted by molar-refractivity contribution is 6.03. The normalized spacial score (nSPS) is 18.1. The molecule has 1 aliphatic heterocycles. The number of halogens is 3. The van der Waals surface area contributed by atoms with Gasteiger partial charge >= 0.3 is 6.18 Å². The molecule has 1 saturated heterocycles. The molecule has 0 spiro atoms. The van der Waals surface area contributed by atoms with Crippen LogP contribution in [0.15, 0.2) is 24.5 Å². The molecule has 6 nitrogen and oxygen atoms in total. The second-order valence-electron chi connectivity index (χ2n) is 6.48. The molecule has 0 aliphatic carbocycles. The van der Waals surface area contributed by atoms with E-state index in [1.807, 2.05) is 12.1 Å². The van der Waals surface area contributed by atoms with Gasteiger partial charge in [-0.3, -0.25) is 4.79 Å². The second-order valence-corrected chi connectivity index (χ2v) is 6.48. The third kappa shape index (κ3) is 3.09. The van der Waals surface area contributed by atoms with Gasteiger partial charge in [0, 0.05) is 48.6 Å². The topological polar surface area (TPSA) is 74.8 Å². The number of aromatic amines is 1. The molecule has 1 aliphatic rings. The van der Waals surface area contributed by atoms with Crippen LogP contribution < -0.4 is 0 Å². The molecule has 0 aromatic carbocycles. The van der Waals surface area contributed by atoms with Gasteiger partial charge in [-0.05, 0) is 24.1 Å². The zero-order valence-corrected chi connectivity index (χ0v) is 13.8. The predicted octanol–water partition coefficient (Wildman–Crippen LogP) is 3.16. The average molecular weight is 363 g/mol. The van der Waals surface area contributed by atoms with Crippen LogP contribution in [0.2, 0.25) is 0 Å². The maximum atomic E-state index is 12.3. The van der Waals surface area contributed by atoms with Crippen molar-refractivity contribution >= 4 is 28.0 Å². The molecule has 1 atom stereocenters. The highest BCUT2D eigenvalue weighted by Crippen LogP contribution is 2.34. The Hall–Kier alpha value is -2.71. The summed E-state index contributed by atoms with van der Waals surface area (Å²) in [5.74, 6) is -0.410. The molecule has 26 heavy (non-hydrogen) atoms. The number of alkyl halides is 3. The summed E-state index contributed by atoms with van der Waals surface area (Å²) in [6, 6.07) is 3.80. The van der Waals surface area contributed by atoms with Crippen LogP contribution in [0.3, 0.4) is 0 Å². The summed E-state index contributed by atoms with van der Waals surface area (Å²) in [6.07, 6.45) is -1.76. The summed E-state index contributed by atoms with van der Waals surface area (Å²) in [5.41, 5.74) is 2.18. The number of nitrogens with one attached hydrogen (secondary N) is 1. The molecule has 1 unspecified atom stereocenters. The van der Waals surface area contributed by atoms with Crippen molar-refractivity contribution in [1.82, 2.24) is 25.1 Å². The van der Waals surface area contributed by atoms with Gasteiger partial charge in [0.1, 0.15) is 0 Å². The van der Waals surface area contributed by atoms with E-state index in [-0.39, 0.29) is 5.92 Å². The number of carbonyl (C=O) groups excluding carboxylic acids is 1. The summed E-state index contributed by atoms with van der Waals surface area (Å²) in [6.45, 7) is 0.865. The Balaban J connectivity index is 1.59. The molecule has 3 aromatic heterocycles. The number of likely N-dealkylation sites (tertiary alicyclic amines) is 1. The molecular weight excluding hydrogens is 347 g/mol. The van der Waals surface area contributed by atoms with E-state index >= 15 is 0 Å². The average Bonchev–Trinajstić information content (AvgIpc) is 3.27. The van der Waals surface area contributed by atoms with E-state index in [0.29, 0.717) is 30.8 Å². The minimum atomic E-state index is -4.31. The SMILES string of the molecule is O=C(CCC(F)(F)F)N1CCC(c2ccnc3nnc4[nH]ccc4c23)C1. The lowest BCUT2D eigenvalue weighted by Crippen LogP contribution is -2.29. The van der Waals surface area contributed by atoms with E-state index in [4.69, 9.17) is 0 Å². The van der Waals surface area contributed by atoms with Crippen molar-refractivity contribution in [3.05, 3.63) is 30.1 Å². The van der Waals surface area contributed by atoms with E-state index < -0.39 is 24.9 Å². The maximum absolute atomic E-state index is 12.3. The number of amides is 1. The summed E-state index contributed by atoms with van der Waals surface area (Å²) in [5, 5.41) is 10.0. The summed E-state index contributed by atoms with van der Waals surface area (Å²) >= 11 is 0. The largest absolute Gasteiger partial charge is 0.389 e. The molecule has 3 aromatic rings. The summed E-state index contributed by atoms with van der Waals surface area (Å²) in [4.78, 5) is 20.9. The van der Waals surface area contributed by atoms with Gasteiger partial charge in [-0.1, -0.05) is 0 Å². The molecule has 0 radical (unpaired) electrons. The summed E-state index contributed by atoms with van der Waals surface area (Å²) in [7, 11) is 0. The first-order valence-corrected chi connectivity index (χ1v) is 8.35. The third-order valence-corrected chi connectivity index (χ3v) is 4.81. The Kier molecular flexibility index (Phi) is 4.01. The van der Waals surface area contributed by atoms with E-state index in [1.165, 1.54) is 4.90 Å². The van der Waals surface area contributed by atoms with Gasteiger partial charge in [0.2, 0.25) is 5.91 Å². The van der Waals surface area contributed by atoms with Crippen LogP contribution in [0.5, 0.6) is 0 Å². The minimum absolute atomic E-state index is 0.0395. The zero-order chi connectivity index (χ0) is 18.3. The predicted molar refractivity (Wildman–Crippen MR) is 88.4 cm³/mol. The van der Waals surface area contributed by atoms with Crippen molar-refractivity contribution in [2.45, 2.75) is 31.4 Å². The molecule has 4 heterocycles. The van der Waals surface area contributed by atoms with Crippen molar-refractivity contribution in [2.75, 3.05) is 13.1 Å². The van der Waals surface area contributed by atoms with Gasteiger partial charge in [0.15, 0.2) is 11.3 Å². The number of aromatic nitrogens is 4. The number of hydrogen-bond donors (Lipinski definition) is 1. The first-order valence-electron chi connectivity index (χ1n) is 8.35. The van der Waals surface area contributed by atoms with Gasteiger partial charge in [0.05, 0.1) is 6.42 Å². The first kappa shape index (κ1) is 16.7. The Labute approximate surface area is 146 Å². The van der Waals surface area contributed by atoms with Crippen LogP contribution in [0.4, 0.5) is 13.2 Å². The fourth-order valence-corrected chi connectivity index (χ4v) is 3.55. The van der Waals surface area contributed by atoms with Gasteiger partial charge in [-0.2, -0.15) is 13.2 Å². The molecule has 9 heteroatoms. The Morgan fingerprint density at radius 1 is 1.31 bits per heavy atom. The Morgan fingerprint density at radius 3 is 2.96 bits per heavy atom.